The van der Waals surface area contributed by atoms with Crippen LogP contribution in [0.3, 0.4) is 0 Å². The maximum absolute atomic E-state index is 13.8. The van der Waals surface area contributed by atoms with Gasteiger partial charge in [-0.15, -0.1) is 0 Å². The molecule has 0 fully saturated rings. The standard InChI is InChI=1S/C28H31BrClN3O4S/c1-19(2)31-28(35)21(4)32(17-22-10-12-23(29)13-11-22)27(34)18-33(25-7-5-6-24(30)16-25)38(36,37)26-14-8-20(3)9-15-26/h5-16,19,21H,17-18H2,1-4H3,(H,31,35)/t21-/m1/s1. The lowest BCUT2D eigenvalue weighted by Gasteiger charge is -2.32. The van der Waals surface area contributed by atoms with E-state index >= 15 is 0 Å². The number of rotatable bonds is 10. The van der Waals surface area contributed by atoms with Crippen molar-refractivity contribution in [3.05, 3.63) is 93.4 Å². The second kappa shape index (κ2) is 12.8. The third kappa shape index (κ3) is 7.58. The van der Waals surface area contributed by atoms with Crippen LogP contribution >= 0.6 is 27.5 Å². The Kier molecular flexibility index (Phi) is 9.98. The van der Waals surface area contributed by atoms with Gasteiger partial charge in [-0.05, 0) is 75.7 Å². The molecule has 0 aliphatic carbocycles. The highest BCUT2D eigenvalue weighted by Gasteiger charge is 2.32. The molecule has 0 heterocycles. The minimum atomic E-state index is -4.14. The lowest BCUT2D eigenvalue weighted by atomic mass is 10.1. The molecule has 0 unspecified atom stereocenters. The van der Waals surface area contributed by atoms with Gasteiger partial charge in [0.25, 0.3) is 10.0 Å². The zero-order valence-corrected chi connectivity index (χ0v) is 24.8. The van der Waals surface area contributed by atoms with E-state index in [0.717, 1.165) is 19.9 Å². The molecule has 0 spiro atoms. The molecule has 0 aliphatic rings. The summed E-state index contributed by atoms with van der Waals surface area (Å²) in [6, 6.07) is 19.1. The van der Waals surface area contributed by atoms with Crippen molar-refractivity contribution in [1.29, 1.82) is 0 Å². The number of halogens is 2. The molecule has 3 aromatic rings. The summed E-state index contributed by atoms with van der Waals surface area (Å²) in [5.41, 5.74) is 1.94. The summed E-state index contributed by atoms with van der Waals surface area (Å²) in [6.45, 7) is 6.76. The minimum absolute atomic E-state index is 0.0425. The summed E-state index contributed by atoms with van der Waals surface area (Å²) < 4.78 is 29.5. The summed E-state index contributed by atoms with van der Waals surface area (Å²) in [4.78, 5) is 28.2. The maximum atomic E-state index is 13.8. The Bertz CT molecular complexity index is 1380. The Hall–Kier alpha value is -2.88. The highest BCUT2D eigenvalue weighted by atomic mass is 79.9. The van der Waals surface area contributed by atoms with Gasteiger partial charge in [0, 0.05) is 22.1 Å². The average molecular weight is 621 g/mol. The molecule has 0 saturated carbocycles. The van der Waals surface area contributed by atoms with E-state index < -0.39 is 28.5 Å². The number of hydrogen-bond acceptors (Lipinski definition) is 4. The highest BCUT2D eigenvalue weighted by Crippen LogP contribution is 2.27. The van der Waals surface area contributed by atoms with Gasteiger partial charge in [0.2, 0.25) is 11.8 Å². The Morgan fingerprint density at radius 2 is 1.61 bits per heavy atom. The van der Waals surface area contributed by atoms with Crippen LogP contribution < -0.4 is 9.62 Å². The molecule has 0 aliphatic heterocycles. The largest absolute Gasteiger partial charge is 0.352 e. The number of aryl methyl sites for hydroxylation is 1. The van der Waals surface area contributed by atoms with Gasteiger partial charge < -0.3 is 10.2 Å². The molecule has 7 nitrogen and oxygen atoms in total. The van der Waals surface area contributed by atoms with Gasteiger partial charge in [-0.25, -0.2) is 8.42 Å². The summed E-state index contributed by atoms with van der Waals surface area (Å²) >= 11 is 9.60. The fraction of sp³-hybridized carbons (Fsp3) is 0.286. The first-order chi connectivity index (χ1) is 17.9. The van der Waals surface area contributed by atoms with Gasteiger partial charge in [0.1, 0.15) is 12.6 Å². The summed E-state index contributed by atoms with van der Waals surface area (Å²) in [5, 5.41) is 3.17. The van der Waals surface area contributed by atoms with Crippen molar-refractivity contribution in [1.82, 2.24) is 10.2 Å². The smallest absolute Gasteiger partial charge is 0.264 e. The molecule has 10 heteroatoms. The van der Waals surface area contributed by atoms with Gasteiger partial charge >= 0.3 is 0 Å². The number of hydrogen-bond donors (Lipinski definition) is 1. The number of benzene rings is 3. The third-order valence-electron chi connectivity index (χ3n) is 5.85. The van der Waals surface area contributed by atoms with Crippen molar-refractivity contribution < 1.29 is 18.0 Å². The molecule has 0 saturated heterocycles. The molecule has 0 radical (unpaired) electrons. The molecular weight excluding hydrogens is 590 g/mol. The first-order valence-corrected chi connectivity index (χ1v) is 14.7. The maximum Gasteiger partial charge on any atom is 0.264 e. The normalized spacial score (nSPS) is 12.2. The lowest BCUT2D eigenvalue weighted by Crippen LogP contribution is -2.52. The Morgan fingerprint density at radius 3 is 2.18 bits per heavy atom. The van der Waals surface area contributed by atoms with Crippen molar-refractivity contribution in [2.45, 2.75) is 51.2 Å². The van der Waals surface area contributed by atoms with Crippen LogP contribution in [0, 0.1) is 6.92 Å². The van der Waals surface area contributed by atoms with Gasteiger partial charge in [-0.3, -0.25) is 13.9 Å². The number of amides is 2. The monoisotopic (exact) mass is 619 g/mol. The van der Waals surface area contributed by atoms with Crippen LogP contribution in [0.15, 0.2) is 82.2 Å². The van der Waals surface area contributed by atoms with E-state index in [0.29, 0.717) is 5.02 Å². The van der Waals surface area contributed by atoms with E-state index in [4.69, 9.17) is 11.6 Å². The van der Waals surface area contributed by atoms with Crippen molar-refractivity contribution >= 4 is 55.1 Å². The van der Waals surface area contributed by atoms with E-state index in [1.165, 1.54) is 23.1 Å². The second-order valence-corrected chi connectivity index (χ2v) is 12.5. The molecule has 3 aromatic carbocycles. The zero-order chi connectivity index (χ0) is 28.0. The van der Waals surface area contributed by atoms with Crippen molar-refractivity contribution in [3.8, 4) is 0 Å². The number of nitrogens with zero attached hydrogens (tertiary/aromatic N) is 2. The number of anilines is 1. The Balaban J connectivity index is 2.03. The van der Waals surface area contributed by atoms with Crippen LogP contribution in [0.5, 0.6) is 0 Å². The molecule has 202 valence electrons. The number of sulfonamides is 1. The van der Waals surface area contributed by atoms with Crippen LogP contribution in [-0.4, -0.2) is 43.8 Å². The molecule has 1 N–H and O–H groups in total. The topological polar surface area (TPSA) is 86.8 Å². The van der Waals surface area contributed by atoms with E-state index in [-0.39, 0.29) is 29.1 Å². The van der Waals surface area contributed by atoms with Crippen LogP contribution in [0.2, 0.25) is 5.02 Å². The third-order valence-corrected chi connectivity index (χ3v) is 8.40. The number of nitrogens with one attached hydrogen (secondary N) is 1. The van der Waals surface area contributed by atoms with Gasteiger partial charge in [-0.1, -0.05) is 63.4 Å². The lowest BCUT2D eigenvalue weighted by molar-refractivity contribution is -0.139. The van der Waals surface area contributed by atoms with E-state index in [2.05, 4.69) is 21.2 Å². The summed E-state index contributed by atoms with van der Waals surface area (Å²) in [7, 11) is -4.14. The molecule has 2 amide bonds. The Labute approximate surface area is 238 Å². The predicted molar refractivity (Wildman–Crippen MR) is 155 cm³/mol. The highest BCUT2D eigenvalue weighted by molar-refractivity contribution is 9.10. The van der Waals surface area contributed by atoms with Crippen molar-refractivity contribution in [2.24, 2.45) is 0 Å². The zero-order valence-electron chi connectivity index (χ0n) is 21.7. The quantitative estimate of drug-likeness (QED) is 0.322. The molecule has 0 aromatic heterocycles. The van der Waals surface area contributed by atoms with Crippen LogP contribution in [0.1, 0.15) is 31.9 Å². The van der Waals surface area contributed by atoms with E-state index in [9.17, 15) is 18.0 Å². The second-order valence-electron chi connectivity index (χ2n) is 9.29. The minimum Gasteiger partial charge on any atom is -0.352 e. The number of carbonyl (C=O) groups is 2. The van der Waals surface area contributed by atoms with E-state index in [1.54, 1.807) is 37.3 Å². The fourth-order valence-corrected chi connectivity index (χ4v) is 5.63. The molecule has 1 atom stereocenters. The van der Waals surface area contributed by atoms with Gasteiger partial charge in [0.15, 0.2) is 0 Å². The van der Waals surface area contributed by atoms with Gasteiger partial charge in [-0.2, -0.15) is 0 Å². The van der Waals surface area contributed by atoms with Crippen LogP contribution in [0.4, 0.5) is 5.69 Å². The first kappa shape index (κ1) is 29.7. The number of carbonyl (C=O) groups excluding carboxylic acids is 2. The molecule has 3 rings (SSSR count). The Morgan fingerprint density at radius 1 is 0.974 bits per heavy atom. The van der Waals surface area contributed by atoms with Crippen molar-refractivity contribution in [2.75, 3.05) is 10.8 Å². The molecule has 38 heavy (non-hydrogen) atoms. The fourth-order valence-electron chi connectivity index (χ4n) is 3.77. The average Bonchev–Trinajstić information content (AvgIpc) is 2.86. The molecule has 0 bridgehead atoms. The van der Waals surface area contributed by atoms with E-state index in [1.807, 2.05) is 45.0 Å². The van der Waals surface area contributed by atoms with Crippen LogP contribution in [-0.2, 0) is 26.2 Å². The van der Waals surface area contributed by atoms with Crippen molar-refractivity contribution in [3.63, 3.8) is 0 Å². The van der Waals surface area contributed by atoms with Gasteiger partial charge in [0.05, 0.1) is 10.6 Å². The first-order valence-electron chi connectivity index (χ1n) is 12.1. The summed E-state index contributed by atoms with van der Waals surface area (Å²) in [5.74, 6) is -0.865. The SMILES string of the molecule is Cc1ccc(S(=O)(=O)N(CC(=O)N(Cc2ccc(Br)cc2)[C@H](C)C(=O)NC(C)C)c2cccc(Cl)c2)cc1. The summed E-state index contributed by atoms with van der Waals surface area (Å²) in [6.07, 6.45) is 0. The predicted octanol–water partition coefficient (Wildman–Crippen LogP) is 5.55. The van der Waals surface area contributed by atoms with Crippen LogP contribution in [0.25, 0.3) is 0 Å². The molecular formula is C28H31BrClN3O4S.